The number of rotatable bonds is 1. The predicted molar refractivity (Wildman–Crippen MR) is 69.9 cm³/mol. The molecule has 0 saturated carbocycles. The summed E-state index contributed by atoms with van der Waals surface area (Å²) in [7, 11) is 0. The first-order chi connectivity index (χ1) is 9.42. The van der Waals surface area contributed by atoms with Crippen molar-refractivity contribution in [1.82, 2.24) is 30.3 Å². The standard InChI is InChI=1S/C12H17N7/c1-2-9-8-18(5-3-10(9)14-4-1)12-7-13-6-11-15-16-17-19(11)12/h6-7,9-10,14H,1-5,8H2. The Balaban J connectivity index is 1.64. The molecule has 0 aliphatic carbocycles. The van der Waals surface area contributed by atoms with Crippen LogP contribution >= 0.6 is 0 Å². The van der Waals surface area contributed by atoms with Crippen LogP contribution in [0.1, 0.15) is 19.3 Å². The average Bonchev–Trinajstić information content (AvgIpc) is 2.95. The summed E-state index contributed by atoms with van der Waals surface area (Å²) in [6, 6.07) is 0.686. The van der Waals surface area contributed by atoms with Crippen LogP contribution in [0.2, 0.25) is 0 Å². The first kappa shape index (κ1) is 11.1. The predicted octanol–water partition coefficient (Wildman–Crippen LogP) is 0.0976. The molecule has 7 heteroatoms. The lowest BCUT2D eigenvalue weighted by Crippen LogP contribution is -2.52. The molecule has 4 rings (SSSR count). The highest BCUT2D eigenvalue weighted by Gasteiger charge is 2.31. The highest BCUT2D eigenvalue weighted by Crippen LogP contribution is 2.27. The maximum atomic E-state index is 4.24. The monoisotopic (exact) mass is 259 g/mol. The molecule has 2 aromatic heterocycles. The Bertz CT molecular complexity index is 580. The van der Waals surface area contributed by atoms with Crippen molar-refractivity contribution in [2.45, 2.75) is 25.3 Å². The van der Waals surface area contributed by atoms with E-state index in [1.165, 1.54) is 25.8 Å². The highest BCUT2D eigenvalue weighted by molar-refractivity contribution is 5.46. The van der Waals surface area contributed by atoms with Crippen molar-refractivity contribution in [2.24, 2.45) is 5.92 Å². The van der Waals surface area contributed by atoms with E-state index < -0.39 is 0 Å². The van der Waals surface area contributed by atoms with Crippen LogP contribution < -0.4 is 10.2 Å². The van der Waals surface area contributed by atoms with E-state index in [-0.39, 0.29) is 0 Å². The summed E-state index contributed by atoms with van der Waals surface area (Å²) >= 11 is 0. The van der Waals surface area contributed by atoms with Gasteiger partial charge < -0.3 is 10.2 Å². The van der Waals surface area contributed by atoms with Crippen LogP contribution in [-0.2, 0) is 0 Å². The summed E-state index contributed by atoms with van der Waals surface area (Å²) in [6.45, 7) is 3.28. The van der Waals surface area contributed by atoms with Gasteiger partial charge in [0.1, 0.15) is 0 Å². The molecule has 0 aromatic carbocycles. The molecule has 0 bridgehead atoms. The number of nitrogens with one attached hydrogen (secondary N) is 1. The zero-order valence-corrected chi connectivity index (χ0v) is 10.7. The topological polar surface area (TPSA) is 71.2 Å². The minimum absolute atomic E-state index is 0.686. The van der Waals surface area contributed by atoms with E-state index in [1.807, 2.05) is 6.20 Å². The molecule has 0 radical (unpaired) electrons. The van der Waals surface area contributed by atoms with E-state index in [1.54, 1.807) is 10.7 Å². The van der Waals surface area contributed by atoms with Crippen molar-refractivity contribution in [3.05, 3.63) is 12.4 Å². The lowest BCUT2D eigenvalue weighted by molar-refractivity contribution is 0.243. The van der Waals surface area contributed by atoms with E-state index in [0.29, 0.717) is 11.7 Å². The molecule has 7 nitrogen and oxygen atoms in total. The van der Waals surface area contributed by atoms with Gasteiger partial charge in [0.2, 0.25) is 0 Å². The van der Waals surface area contributed by atoms with E-state index >= 15 is 0 Å². The molecule has 1 N–H and O–H groups in total. The molecule has 0 spiro atoms. The van der Waals surface area contributed by atoms with Crippen LogP contribution in [-0.4, -0.2) is 50.7 Å². The van der Waals surface area contributed by atoms with Crippen molar-refractivity contribution in [1.29, 1.82) is 0 Å². The van der Waals surface area contributed by atoms with Gasteiger partial charge in [0.25, 0.3) is 0 Å². The second-order valence-electron chi connectivity index (χ2n) is 5.41. The molecule has 2 atom stereocenters. The van der Waals surface area contributed by atoms with Crippen molar-refractivity contribution < 1.29 is 0 Å². The molecule has 2 fully saturated rings. The third kappa shape index (κ3) is 1.85. The largest absolute Gasteiger partial charge is 0.355 e. The fourth-order valence-corrected chi connectivity index (χ4v) is 3.33. The third-order valence-electron chi connectivity index (χ3n) is 4.31. The number of tetrazole rings is 1. The summed E-state index contributed by atoms with van der Waals surface area (Å²) < 4.78 is 1.78. The van der Waals surface area contributed by atoms with E-state index in [9.17, 15) is 0 Å². The Kier molecular flexibility index (Phi) is 2.58. The fraction of sp³-hybridized carbons (Fsp3) is 0.667. The van der Waals surface area contributed by atoms with E-state index in [0.717, 1.165) is 24.8 Å². The molecule has 4 heterocycles. The van der Waals surface area contributed by atoms with Gasteiger partial charge in [-0.25, -0.2) is 0 Å². The number of anilines is 1. The van der Waals surface area contributed by atoms with Crippen molar-refractivity contribution in [3.63, 3.8) is 0 Å². The zero-order chi connectivity index (χ0) is 12.7. The lowest BCUT2D eigenvalue weighted by atomic mass is 9.85. The number of nitrogens with zero attached hydrogens (tertiary/aromatic N) is 6. The van der Waals surface area contributed by atoms with Gasteiger partial charge in [-0.3, -0.25) is 4.98 Å². The second-order valence-corrected chi connectivity index (χ2v) is 5.41. The summed E-state index contributed by atoms with van der Waals surface area (Å²) in [5.41, 5.74) is 0.710. The number of hydrogen-bond donors (Lipinski definition) is 1. The smallest absolute Gasteiger partial charge is 0.199 e. The van der Waals surface area contributed by atoms with Crippen LogP contribution in [0.25, 0.3) is 5.65 Å². The fourth-order valence-electron chi connectivity index (χ4n) is 3.33. The van der Waals surface area contributed by atoms with Crippen LogP contribution in [0.3, 0.4) is 0 Å². The van der Waals surface area contributed by atoms with E-state index in [2.05, 4.69) is 30.7 Å². The van der Waals surface area contributed by atoms with Crippen LogP contribution in [0, 0.1) is 5.92 Å². The van der Waals surface area contributed by atoms with Gasteiger partial charge in [-0.15, -0.1) is 5.10 Å². The van der Waals surface area contributed by atoms with Gasteiger partial charge in [-0.1, -0.05) is 0 Å². The molecular weight excluding hydrogens is 242 g/mol. The van der Waals surface area contributed by atoms with Crippen molar-refractivity contribution in [2.75, 3.05) is 24.5 Å². The summed E-state index contributed by atoms with van der Waals surface area (Å²) in [4.78, 5) is 6.61. The zero-order valence-electron chi connectivity index (χ0n) is 10.7. The summed E-state index contributed by atoms with van der Waals surface area (Å²) in [5.74, 6) is 1.74. The Morgan fingerprint density at radius 3 is 3.26 bits per heavy atom. The number of hydrogen-bond acceptors (Lipinski definition) is 6. The maximum absolute atomic E-state index is 4.24. The minimum Gasteiger partial charge on any atom is -0.355 e. The Morgan fingerprint density at radius 1 is 1.26 bits per heavy atom. The van der Waals surface area contributed by atoms with Gasteiger partial charge in [0, 0.05) is 19.1 Å². The molecular formula is C12H17N7. The Hall–Kier alpha value is -1.76. The SMILES string of the molecule is c1ncc2nnnn2c1N1CCC2NCCCC2C1. The lowest BCUT2D eigenvalue weighted by Gasteiger charge is -2.42. The summed E-state index contributed by atoms with van der Waals surface area (Å²) in [6.07, 6.45) is 7.33. The third-order valence-corrected chi connectivity index (χ3v) is 4.31. The van der Waals surface area contributed by atoms with Gasteiger partial charge in [0.05, 0.1) is 12.4 Å². The molecule has 2 unspecified atom stereocenters. The number of aromatic nitrogens is 5. The van der Waals surface area contributed by atoms with Crippen LogP contribution in [0.15, 0.2) is 12.4 Å². The van der Waals surface area contributed by atoms with Gasteiger partial charge >= 0.3 is 0 Å². The molecule has 2 aliphatic heterocycles. The number of piperidine rings is 2. The van der Waals surface area contributed by atoms with Gasteiger partial charge in [0.15, 0.2) is 11.5 Å². The first-order valence-corrected chi connectivity index (χ1v) is 6.92. The van der Waals surface area contributed by atoms with Crippen LogP contribution in [0.4, 0.5) is 5.82 Å². The molecule has 19 heavy (non-hydrogen) atoms. The van der Waals surface area contributed by atoms with Crippen LogP contribution in [0.5, 0.6) is 0 Å². The number of fused-ring (bicyclic) bond motifs is 2. The quantitative estimate of drug-likeness (QED) is 0.783. The highest BCUT2D eigenvalue weighted by atomic mass is 15.5. The summed E-state index contributed by atoms with van der Waals surface area (Å²) in [5, 5.41) is 15.4. The van der Waals surface area contributed by atoms with E-state index in [4.69, 9.17) is 0 Å². The molecule has 0 amide bonds. The molecule has 2 saturated heterocycles. The maximum Gasteiger partial charge on any atom is 0.199 e. The van der Waals surface area contributed by atoms with Gasteiger partial charge in [-0.2, -0.15) is 4.52 Å². The Morgan fingerprint density at radius 2 is 2.26 bits per heavy atom. The second kappa shape index (κ2) is 4.41. The molecule has 2 aromatic rings. The molecule has 100 valence electrons. The van der Waals surface area contributed by atoms with Gasteiger partial charge in [-0.05, 0) is 42.2 Å². The first-order valence-electron chi connectivity index (χ1n) is 6.92. The average molecular weight is 259 g/mol. The molecule has 2 aliphatic rings. The Labute approximate surface area is 111 Å². The van der Waals surface area contributed by atoms with Crippen molar-refractivity contribution >= 4 is 11.5 Å². The van der Waals surface area contributed by atoms with Crippen molar-refractivity contribution in [3.8, 4) is 0 Å². The normalized spacial score (nSPS) is 27.5. The minimum atomic E-state index is 0.686.